The molecule has 1 fully saturated rings. The molecule has 0 saturated carbocycles. The van der Waals surface area contributed by atoms with Crippen LogP contribution in [0.4, 0.5) is 28.9 Å². The summed E-state index contributed by atoms with van der Waals surface area (Å²) in [6.07, 6.45) is -4.73. The lowest BCUT2D eigenvalue weighted by molar-refractivity contribution is -0.136. The van der Waals surface area contributed by atoms with Crippen LogP contribution in [-0.4, -0.2) is 82.5 Å². The van der Waals surface area contributed by atoms with Gasteiger partial charge in [-0.25, -0.2) is 28.2 Å². The Hall–Kier alpha value is -2.60. The molecule has 0 bridgehead atoms. The number of piperazine rings is 1. The van der Waals surface area contributed by atoms with Gasteiger partial charge < -0.3 is 10.4 Å². The van der Waals surface area contributed by atoms with Crippen molar-refractivity contribution in [2.45, 2.75) is 30.3 Å². The van der Waals surface area contributed by atoms with Gasteiger partial charge in [0.25, 0.3) is 10.0 Å². The summed E-state index contributed by atoms with van der Waals surface area (Å²) in [5.41, 5.74) is -0.710. The van der Waals surface area contributed by atoms with Gasteiger partial charge in [-0.15, -0.1) is 11.3 Å². The van der Waals surface area contributed by atoms with Crippen molar-refractivity contribution in [3.05, 3.63) is 23.0 Å². The fourth-order valence-corrected chi connectivity index (χ4v) is 7.80. The maximum Gasteiger partial charge on any atom is 0.419 e. The summed E-state index contributed by atoms with van der Waals surface area (Å²) in [7, 11) is -3.84. The molecule has 1 aliphatic heterocycles. The van der Waals surface area contributed by atoms with Crippen LogP contribution in [0.3, 0.4) is 0 Å². The maximum atomic E-state index is 13.2. The summed E-state index contributed by atoms with van der Waals surface area (Å²) >= 11 is 1.69. The van der Waals surface area contributed by atoms with E-state index in [1.54, 1.807) is 0 Å². The van der Waals surface area contributed by atoms with Gasteiger partial charge in [-0.2, -0.15) is 17.5 Å². The fourth-order valence-electron chi connectivity index (χ4n) is 3.86. The highest BCUT2D eigenvalue weighted by Gasteiger charge is 2.35. The van der Waals surface area contributed by atoms with Gasteiger partial charge in [-0.1, -0.05) is 11.3 Å². The largest absolute Gasteiger partial charge is 0.465 e. The van der Waals surface area contributed by atoms with E-state index in [0.717, 1.165) is 34.4 Å². The van der Waals surface area contributed by atoms with Crippen molar-refractivity contribution in [1.82, 2.24) is 24.2 Å². The predicted octanol–water partition coefficient (Wildman–Crippen LogP) is 3.37. The number of halogens is 3. The van der Waals surface area contributed by atoms with Gasteiger partial charge in [-0.3, -0.25) is 10.2 Å². The number of carboxylic acid groups (broad SMARTS) is 1. The van der Waals surface area contributed by atoms with Crippen molar-refractivity contribution < 1.29 is 31.5 Å². The summed E-state index contributed by atoms with van der Waals surface area (Å²) in [4.78, 5) is 24.8. The molecule has 0 spiro atoms. The number of alkyl halides is 3. The number of anilines is 2. The van der Waals surface area contributed by atoms with E-state index >= 15 is 0 Å². The Bertz CT molecular complexity index is 1370. The summed E-state index contributed by atoms with van der Waals surface area (Å²) < 4.78 is 67.4. The molecule has 0 radical (unpaired) electrons. The van der Waals surface area contributed by atoms with Crippen molar-refractivity contribution in [3.8, 4) is 0 Å². The summed E-state index contributed by atoms with van der Waals surface area (Å²) in [6, 6.07) is -0.184. The standard InChI is InChI=1S/C19H22F3N7O4S3/c1-10(25-15-14-13(23-9-24-15)12(8-34-14)19(20,21)22)7-28-3-5-29(6-4-28)36(32,33)16-11(2)26-17(35-16)27-18(30)31/h8-10H,3-7H2,1-2H3,(H,26,27)(H,30,31)(H,23,24,25)/t10-/m0/s1. The Morgan fingerprint density at radius 3 is 2.58 bits per heavy atom. The first kappa shape index (κ1) is 26.5. The lowest BCUT2D eigenvalue weighted by atomic mass is 10.2. The number of aryl methyl sites for hydroxylation is 1. The van der Waals surface area contributed by atoms with E-state index in [-0.39, 0.29) is 39.7 Å². The zero-order valence-electron chi connectivity index (χ0n) is 19.0. The number of rotatable bonds is 7. The Kier molecular flexibility index (Phi) is 7.38. The Morgan fingerprint density at radius 2 is 1.94 bits per heavy atom. The van der Waals surface area contributed by atoms with Gasteiger partial charge in [0.05, 0.1) is 21.5 Å². The summed E-state index contributed by atoms with van der Waals surface area (Å²) in [5, 5.41) is 15.1. The third kappa shape index (κ3) is 5.54. The highest BCUT2D eigenvalue weighted by molar-refractivity contribution is 7.91. The molecule has 3 N–H and O–H groups in total. The monoisotopic (exact) mass is 565 g/mol. The van der Waals surface area contributed by atoms with E-state index in [1.807, 2.05) is 6.92 Å². The second kappa shape index (κ2) is 10.0. The van der Waals surface area contributed by atoms with Crippen LogP contribution in [0.1, 0.15) is 18.2 Å². The smallest absolute Gasteiger partial charge is 0.419 e. The molecule has 36 heavy (non-hydrogen) atoms. The van der Waals surface area contributed by atoms with E-state index in [9.17, 15) is 26.4 Å². The second-order valence-corrected chi connectivity index (χ2v) is 12.1. The van der Waals surface area contributed by atoms with E-state index < -0.39 is 27.9 Å². The molecule has 4 heterocycles. The number of nitrogens with one attached hydrogen (secondary N) is 2. The first-order valence-electron chi connectivity index (χ1n) is 10.6. The average Bonchev–Trinajstić information content (AvgIpc) is 3.38. The number of fused-ring (bicyclic) bond motifs is 1. The quantitative estimate of drug-likeness (QED) is 0.393. The number of amides is 1. The Labute approximate surface area is 212 Å². The van der Waals surface area contributed by atoms with Crippen LogP contribution in [0.2, 0.25) is 0 Å². The number of hydrogen-bond donors (Lipinski definition) is 3. The van der Waals surface area contributed by atoms with Crippen molar-refractivity contribution in [1.29, 1.82) is 0 Å². The van der Waals surface area contributed by atoms with E-state index in [1.165, 1.54) is 11.2 Å². The molecule has 1 atom stereocenters. The zero-order valence-corrected chi connectivity index (χ0v) is 21.5. The van der Waals surface area contributed by atoms with Crippen molar-refractivity contribution >= 4 is 60.0 Å². The average molecular weight is 566 g/mol. The number of thiazole rings is 1. The van der Waals surface area contributed by atoms with Gasteiger partial charge in [0.2, 0.25) is 0 Å². The van der Waals surface area contributed by atoms with Crippen molar-refractivity contribution in [2.24, 2.45) is 0 Å². The van der Waals surface area contributed by atoms with E-state index in [0.29, 0.717) is 30.2 Å². The molecule has 4 rings (SSSR count). The van der Waals surface area contributed by atoms with Crippen LogP contribution in [0, 0.1) is 6.92 Å². The number of carbonyl (C=O) groups is 1. The van der Waals surface area contributed by atoms with Gasteiger partial charge in [0, 0.05) is 44.1 Å². The Morgan fingerprint density at radius 1 is 1.25 bits per heavy atom. The lowest BCUT2D eigenvalue weighted by Gasteiger charge is -2.35. The number of hydrogen-bond acceptors (Lipinski definition) is 10. The molecule has 0 unspecified atom stereocenters. The normalized spacial score (nSPS) is 16.8. The van der Waals surface area contributed by atoms with Gasteiger partial charge in [0.15, 0.2) is 9.34 Å². The molecule has 3 aromatic rings. The van der Waals surface area contributed by atoms with Crippen LogP contribution >= 0.6 is 22.7 Å². The third-order valence-corrected chi connectivity index (χ3v) is 9.98. The van der Waals surface area contributed by atoms with Crippen LogP contribution < -0.4 is 10.6 Å². The minimum absolute atomic E-state index is 0.00307. The molecule has 11 nitrogen and oxygen atoms in total. The first-order valence-corrected chi connectivity index (χ1v) is 13.8. The van der Waals surface area contributed by atoms with Gasteiger partial charge in [0.1, 0.15) is 12.1 Å². The molecular formula is C19H22F3N7O4S3. The Balaban J connectivity index is 1.37. The molecule has 1 saturated heterocycles. The molecular weight excluding hydrogens is 543 g/mol. The lowest BCUT2D eigenvalue weighted by Crippen LogP contribution is -2.50. The second-order valence-electron chi connectivity index (χ2n) is 8.12. The van der Waals surface area contributed by atoms with E-state index in [4.69, 9.17) is 5.11 Å². The number of nitrogens with zero attached hydrogens (tertiary/aromatic N) is 5. The molecule has 0 aromatic carbocycles. The number of aromatic nitrogens is 3. The number of thiophene rings is 1. The molecule has 17 heteroatoms. The molecule has 1 aliphatic rings. The summed E-state index contributed by atoms with van der Waals surface area (Å²) in [5.74, 6) is 0.320. The van der Waals surface area contributed by atoms with Gasteiger partial charge >= 0.3 is 12.3 Å². The van der Waals surface area contributed by atoms with Crippen LogP contribution in [0.5, 0.6) is 0 Å². The zero-order chi connectivity index (χ0) is 26.3. The van der Waals surface area contributed by atoms with Crippen LogP contribution in [0.25, 0.3) is 10.2 Å². The topological polar surface area (TPSA) is 141 Å². The fraction of sp³-hybridized carbons (Fsp3) is 0.474. The van der Waals surface area contributed by atoms with Gasteiger partial charge in [-0.05, 0) is 13.8 Å². The summed E-state index contributed by atoms with van der Waals surface area (Å²) in [6.45, 7) is 5.24. The molecule has 1 amide bonds. The minimum Gasteiger partial charge on any atom is -0.465 e. The van der Waals surface area contributed by atoms with Crippen LogP contribution in [-0.2, 0) is 16.2 Å². The van der Waals surface area contributed by atoms with Crippen molar-refractivity contribution in [3.63, 3.8) is 0 Å². The predicted molar refractivity (Wildman–Crippen MR) is 129 cm³/mol. The SMILES string of the molecule is Cc1nc(NC(=O)O)sc1S(=O)(=O)N1CCN(C[C@H](C)Nc2ncnc3c(C(F)(F)F)csc23)CC1. The van der Waals surface area contributed by atoms with E-state index in [2.05, 4.69) is 30.5 Å². The number of sulfonamides is 1. The minimum atomic E-state index is -4.50. The third-order valence-electron chi connectivity index (χ3n) is 5.45. The molecule has 196 valence electrons. The highest BCUT2D eigenvalue weighted by atomic mass is 32.2. The molecule has 3 aromatic heterocycles. The highest BCUT2D eigenvalue weighted by Crippen LogP contribution is 2.39. The van der Waals surface area contributed by atoms with Crippen molar-refractivity contribution in [2.75, 3.05) is 43.4 Å². The van der Waals surface area contributed by atoms with Crippen LogP contribution in [0.15, 0.2) is 15.9 Å². The first-order chi connectivity index (χ1) is 16.9. The maximum absolute atomic E-state index is 13.2. The molecule has 0 aliphatic carbocycles.